The third kappa shape index (κ3) is 6.43. The molecule has 0 radical (unpaired) electrons. The lowest BCUT2D eigenvalue weighted by molar-refractivity contribution is -0.115. The van der Waals surface area contributed by atoms with E-state index in [1.165, 1.54) is 0 Å². The minimum Gasteiger partial charge on any atom is -0.493 e. The van der Waals surface area contributed by atoms with Gasteiger partial charge in [0.2, 0.25) is 11.8 Å². The fourth-order valence-electron chi connectivity index (χ4n) is 4.74. The number of hydrogen-bond donors (Lipinski definition) is 1. The molecule has 0 spiro atoms. The van der Waals surface area contributed by atoms with Crippen molar-refractivity contribution in [1.29, 1.82) is 0 Å². The Morgan fingerprint density at radius 2 is 1.77 bits per heavy atom. The Bertz CT molecular complexity index is 1420. The fourth-order valence-corrected chi connectivity index (χ4v) is 4.74. The first-order chi connectivity index (χ1) is 19.0. The number of methoxy groups -OCH3 is 2. The van der Waals surface area contributed by atoms with E-state index >= 15 is 0 Å². The molecule has 39 heavy (non-hydrogen) atoms. The van der Waals surface area contributed by atoms with Gasteiger partial charge in [0.25, 0.3) is 0 Å². The number of nitrogens with zero attached hydrogens (tertiary/aromatic N) is 4. The van der Waals surface area contributed by atoms with Gasteiger partial charge in [-0.05, 0) is 62.7 Å². The van der Waals surface area contributed by atoms with Gasteiger partial charge in [0.15, 0.2) is 11.5 Å². The molecule has 0 atom stereocenters. The number of benzene rings is 2. The van der Waals surface area contributed by atoms with Crippen LogP contribution in [0, 0.1) is 5.92 Å². The summed E-state index contributed by atoms with van der Waals surface area (Å²) < 4.78 is 17.0. The second kappa shape index (κ2) is 12.1. The van der Waals surface area contributed by atoms with Crippen molar-refractivity contribution in [1.82, 2.24) is 19.9 Å². The Morgan fingerprint density at radius 3 is 2.46 bits per heavy atom. The summed E-state index contributed by atoms with van der Waals surface area (Å²) in [6.07, 6.45) is 5.68. The van der Waals surface area contributed by atoms with Crippen molar-refractivity contribution >= 4 is 22.5 Å². The van der Waals surface area contributed by atoms with E-state index in [4.69, 9.17) is 14.2 Å². The lowest BCUT2D eigenvalue weighted by Gasteiger charge is -2.28. The molecule has 0 unspecified atom stereocenters. The van der Waals surface area contributed by atoms with Gasteiger partial charge >= 0.3 is 0 Å². The summed E-state index contributed by atoms with van der Waals surface area (Å²) in [5.74, 6) is 2.28. The number of pyridine rings is 1. The zero-order valence-corrected chi connectivity index (χ0v) is 22.5. The van der Waals surface area contributed by atoms with Crippen LogP contribution in [0.3, 0.4) is 0 Å². The lowest BCUT2D eigenvalue weighted by atomic mass is 9.98. The third-order valence-electron chi connectivity index (χ3n) is 7.05. The lowest BCUT2D eigenvalue weighted by Crippen LogP contribution is -2.32. The Labute approximate surface area is 228 Å². The molecular formula is C30H33N5O4. The highest BCUT2D eigenvalue weighted by molar-refractivity contribution is 5.95. The second-order valence-corrected chi connectivity index (χ2v) is 9.81. The largest absolute Gasteiger partial charge is 0.493 e. The van der Waals surface area contributed by atoms with Crippen LogP contribution >= 0.6 is 0 Å². The van der Waals surface area contributed by atoms with Crippen LogP contribution in [-0.2, 0) is 11.2 Å². The van der Waals surface area contributed by atoms with Gasteiger partial charge in [0, 0.05) is 35.0 Å². The van der Waals surface area contributed by atoms with Gasteiger partial charge in [-0.3, -0.25) is 4.79 Å². The van der Waals surface area contributed by atoms with Crippen LogP contribution in [0.15, 0.2) is 61.1 Å². The van der Waals surface area contributed by atoms with E-state index in [1.54, 1.807) is 32.8 Å². The summed E-state index contributed by atoms with van der Waals surface area (Å²) in [6.45, 7) is 2.86. The van der Waals surface area contributed by atoms with Crippen LogP contribution in [-0.4, -0.2) is 66.7 Å². The smallest absolute Gasteiger partial charge is 0.228 e. The quantitative estimate of drug-likeness (QED) is 0.337. The molecule has 5 rings (SSSR count). The predicted molar refractivity (Wildman–Crippen MR) is 150 cm³/mol. The molecule has 4 aromatic rings. The maximum atomic E-state index is 12.5. The summed E-state index contributed by atoms with van der Waals surface area (Å²) in [4.78, 5) is 28.1. The number of carbonyl (C=O) groups excluding carboxylic acids is 1. The van der Waals surface area contributed by atoms with E-state index in [2.05, 4.69) is 32.2 Å². The van der Waals surface area contributed by atoms with Crippen LogP contribution in [0.1, 0.15) is 18.4 Å². The molecule has 2 aromatic carbocycles. The number of rotatable bonds is 9. The minimum absolute atomic E-state index is 0.125. The molecule has 3 heterocycles. The number of amides is 1. The predicted octanol–water partition coefficient (Wildman–Crippen LogP) is 4.61. The van der Waals surface area contributed by atoms with Gasteiger partial charge in [-0.2, -0.15) is 0 Å². The Balaban J connectivity index is 1.29. The summed E-state index contributed by atoms with van der Waals surface area (Å²) >= 11 is 0. The van der Waals surface area contributed by atoms with Crippen molar-refractivity contribution in [3.8, 4) is 28.6 Å². The number of nitrogens with one attached hydrogen (secondary N) is 1. The van der Waals surface area contributed by atoms with Crippen LogP contribution < -0.4 is 19.5 Å². The zero-order chi connectivity index (χ0) is 27.2. The van der Waals surface area contributed by atoms with E-state index in [0.29, 0.717) is 35.6 Å². The number of fused-ring (bicyclic) bond motifs is 1. The summed E-state index contributed by atoms with van der Waals surface area (Å²) in [7, 11) is 5.36. The van der Waals surface area contributed by atoms with E-state index in [1.807, 2.05) is 42.5 Å². The summed E-state index contributed by atoms with van der Waals surface area (Å²) in [5, 5.41) is 3.80. The highest BCUT2D eigenvalue weighted by Gasteiger charge is 2.19. The van der Waals surface area contributed by atoms with Gasteiger partial charge in [0.1, 0.15) is 6.33 Å². The highest BCUT2D eigenvalue weighted by atomic mass is 16.5. The van der Waals surface area contributed by atoms with Crippen molar-refractivity contribution in [2.24, 2.45) is 5.92 Å². The zero-order valence-electron chi connectivity index (χ0n) is 22.5. The van der Waals surface area contributed by atoms with Crippen molar-refractivity contribution in [2.45, 2.75) is 19.3 Å². The normalized spacial score (nSPS) is 14.2. The molecule has 9 nitrogen and oxygen atoms in total. The molecule has 2 aromatic heterocycles. The van der Waals surface area contributed by atoms with Crippen molar-refractivity contribution in [3.63, 3.8) is 0 Å². The third-order valence-corrected chi connectivity index (χ3v) is 7.05. The molecule has 0 saturated carbocycles. The van der Waals surface area contributed by atoms with Gasteiger partial charge in [-0.15, -0.1) is 0 Å². The summed E-state index contributed by atoms with van der Waals surface area (Å²) in [5.41, 5.74) is 3.97. The first-order valence-corrected chi connectivity index (χ1v) is 13.1. The molecule has 9 heteroatoms. The molecule has 202 valence electrons. The van der Waals surface area contributed by atoms with E-state index in [9.17, 15) is 4.79 Å². The molecule has 1 saturated heterocycles. The molecular weight excluding hydrogens is 494 g/mol. The minimum atomic E-state index is -0.125. The van der Waals surface area contributed by atoms with Crippen molar-refractivity contribution in [2.75, 3.05) is 46.3 Å². The number of hydrogen-bond acceptors (Lipinski definition) is 8. The van der Waals surface area contributed by atoms with E-state index in [0.717, 1.165) is 53.7 Å². The molecule has 1 amide bonds. The molecule has 1 N–H and O–H groups in total. The number of carbonyl (C=O) groups is 1. The number of aromatic nitrogens is 3. The Morgan fingerprint density at radius 1 is 0.974 bits per heavy atom. The molecule has 0 aliphatic carbocycles. The topological polar surface area (TPSA) is 98.7 Å². The molecule has 1 aliphatic heterocycles. The van der Waals surface area contributed by atoms with Gasteiger partial charge in [-0.25, -0.2) is 15.0 Å². The van der Waals surface area contributed by atoms with Crippen LogP contribution in [0.25, 0.3) is 22.2 Å². The Hall–Kier alpha value is -4.24. The molecule has 1 aliphatic rings. The maximum absolute atomic E-state index is 12.5. The van der Waals surface area contributed by atoms with E-state index < -0.39 is 0 Å². The Kier molecular flexibility index (Phi) is 8.17. The molecule has 0 bridgehead atoms. The van der Waals surface area contributed by atoms with Gasteiger partial charge < -0.3 is 24.4 Å². The van der Waals surface area contributed by atoms with Crippen LogP contribution in [0.2, 0.25) is 0 Å². The average Bonchev–Trinajstić information content (AvgIpc) is 2.97. The number of likely N-dealkylation sites (tertiary alicyclic amines) is 1. The summed E-state index contributed by atoms with van der Waals surface area (Å²) in [6, 6.07) is 15.0. The maximum Gasteiger partial charge on any atom is 0.228 e. The molecule has 1 fully saturated rings. The standard InChI is InChI=1S/C30H33N5O4/c1-35-12-10-20(11-13-35)18-39-27-16-25-24(15-26(27)37-2)30(33-19-32-25)22-5-7-23(8-6-22)34-28(36)14-21-4-9-29(38-3)31-17-21/h4-9,15-17,19-20H,10-14,18H2,1-3H3,(H,34,36). The fraction of sp³-hybridized carbons (Fsp3) is 0.333. The average molecular weight is 528 g/mol. The van der Waals surface area contributed by atoms with Gasteiger partial charge in [0.05, 0.1) is 38.5 Å². The number of anilines is 1. The van der Waals surface area contributed by atoms with Crippen molar-refractivity contribution < 1.29 is 19.0 Å². The first-order valence-electron chi connectivity index (χ1n) is 13.1. The van der Waals surface area contributed by atoms with Crippen LogP contribution in [0.4, 0.5) is 5.69 Å². The van der Waals surface area contributed by atoms with Crippen molar-refractivity contribution in [3.05, 3.63) is 66.6 Å². The second-order valence-electron chi connectivity index (χ2n) is 9.81. The van der Waals surface area contributed by atoms with Crippen LogP contribution in [0.5, 0.6) is 17.4 Å². The highest BCUT2D eigenvalue weighted by Crippen LogP contribution is 2.36. The number of piperidine rings is 1. The van der Waals surface area contributed by atoms with Gasteiger partial charge in [-0.1, -0.05) is 18.2 Å². The first kappa shape index (κ1) is 26.4. The monoisotopic (exact) mass is 527 g/mol. The van der Waals surface area contributed by atoms with E-state index in [-0.39, 0.29) is 12.3 Å². The number of ether oxygens (including phenoxy) is 3. The SMILES string of the molecule is COc1ccc(CC(=O)Nc2ccc(-c3ncnc4cc(OCC5CCN(C)CC5)c(OC)cc34)cc2)cn1.